The first kappa shape index (κ1) is 28.8. The molecule has 0 fully saturated rings. The van der Waals surface area contributed by atoms with Crippen LogP contribution in [0.3, 0.4) is 0 Å². The van der Waals surface area contributed by atoms with Crippen molar-refractivity contribution in [3.05, 3.63) is 0 Å². The van der Waals surface area contributed by atoms with E-state index in [4.69, 9.17) is 10.2 Å². The quantitative estimate of drug-likeness (QED) is 0.101. The van der Waals surface area contributed by atoms with Crippen molar-refractivity contribution < 1.29 is 29.4 Å². The summed E-state index contributed by atoms with van der Waals surface area (Å²) in [6.45, 7) is 4.22. The monoisotopic (exact) mass is 444 g/mol. The number of aldehydes is 1. The normalized spacial score (nSPS) is 13.7. The Bertz CT molecular complexity index is 532. The maximum atomic E-state index is 11.6. The molecule has 0 rings (SSSR count). The van der Waals surface area contributed by atoms with E-state index in [1.807, 2.05) is 6.92 Å². The van der Waals surface area contributed by atoms with Gasteiger partial charge in [0.1, 0.15) is 6.29 Å². The lowest BCUT2D eigenvalue weighted by molar-refractivity contribution is -0.122. The lowest BCUT2D eigenvalue weighted by Crippen LogP contribution is -2.53. The molecule has 0 aromatic rings. The maximum Gasteiger partial charge on any atom is 0.411 e. The number of nitrogens with one attached hydrogen (secondary N) is 4. The molecule has 0 aliphatic heterocycles. The molecule has 0 aliphatic rings. The molecule has 0 bridgehead atoms. The molecule has 10 nitrogen and oxygen atoms in total. The molecule has 0 aromatic heterocycles. The summed E-state index contributed by atoms with van der Waals surface area (Å²) in [6, 6.07) is -0.900. The summed E-state index contributed by atoms with van der Waals surface area (Å²) in [6.07, 6.45) is 9.25. The highest BCUT2D eigenvalue weighted by Gasteiger charge is 2.20. The lowest BCUT2D eigenvalue weighted by Gasteiger charge is -2.22. The summed E-state index contributed by atoms with van der Waals surface area (Å²) in [7, 11) is 0. The topological polar surface area (TPSA) is 157 Å². The van der Waals surface area contributed by atoms with E-state index in [2.05, 4.69) is 16.0 Å². The highest BCUT2D eigenvalue weighted by molar-refractivity contribution is 5.93. The predicted molar refractivity (Wildman–Crippen MR) is 118 cm³/mol. The second-order valence-electron chi connectivity index (χ2n) is 7.89. The number of amides is 3. The van der Waals surface area contributed by atoms with Gasteiger partial charge in [0, 0.05) is 0 Å². The Morgan fingerprint density at radius 1 is 0.806 bits per heavy atom. The summed E-state index contributed by atoms with van der Waals surface area (Å²) in [5.41, 5.74) is 0. The minimum absolute atomic E-state index is 0.0641. The Kier molecular flexibility index (Phi) is 17.2. The maximum absolute atomic E-state index is 11.6. The zero-order valence-corrected chi connectivity index (χ0v) is 18.8. The third kappa shape index (κ3) is 18.3. The molecular formula is C21H40N4O6. The van der Waals surface area contributed by atoms with Crippen molar-refractivity contribution in [2.75, 3.05) is 6.54 Å². The Hall–Kier alpha value is -2.20. The predicted octanol–water partition coefficient (Wildman–Crippen LogP) is 2.82. The summed E-state index contributed by atoms with van der Waals surface area (Å²) >= 11 is 0. The minimum Gasteiger partial charge on any atom is -0.465 e. The van der Waals surface area contributed by atoms with Crippen molar-refractivity contribution in [2.24, 2.45) is 0 Å². The number of rotatable bonds is 19. The summed E-state index contributed by atoms with van der Waals surface area (Å²) in [4.78, 5) is 43.6. The first-order valence-corrected chi connectivity index (χ1v) is 11.2. The van der Waals surface area contributed by atoms with Gasteiger partial charge >= 0.3 is 12.2 Å². The van der Waals surface area contributed by atoms with Gasteiger partial charge in [0.15, 0.2) is 0 Å². The van der Waals surface area contributed by atoms with Crippen LogP contribution in [0.15, 0.2) is 0 Å². The van der Waals surface area contributed by atoms with Gasteiger partial charge in [0.25, 0.3) is 0 Å². The average molecular weight is 445 g/mol. The molecule has 3 atom stereocenters. The van der Waals surface area contributed by atoms with Crippen LogP contribution in [0.2, 0.25) is 0 Å². The second-order valence-corrected chi connectivity index (χ2v) is 7.89. The van der Waals surface area contributed by atoms with E-state index < -0.39 is 30.3 Å². The molecule has 31 heavy (non-hydrogen) atoms. The molecule has 0 heterocycles. The van der Waals surface area contributed by atoms with Gasteiger partial charge < -0.3 is 25.6 Å². The van der Waals surface area contributed by atoms with Crippen molar-refractivity contribution in [3.8, 4) is 0 Å². The minimum atomic E-state index is -1.44. The van der Waals surface area contributed by atoms with Crippen LogP contribution >= 0.6 is 0 Å². The van der Waals surface area contributed by atoms with Crippen LogP contribution in [0.4, 0.5) is 9.59 Å². The van der Waals surface area contributed by atoms with Crippen LogP contribution in [-0.4, -0.2) is 59.4 Å². The van der Waals surface area contributed by atoms with Gasteiger partial charge in [-0.05, 0) is 33.2 Å². The van der Waals surface area contributed by atoms with Crippen molar-refractivity contribution >= 4 is 24.4 Å². The zero-order chi connectivity index (χ0) is 23.5. The second kappa shape index (κ2) is 18.6. The van der Waals surface area contributed by atoms with E-state index in [0.29, 0.717) is 6.42 Å². The van der Waals surface area contributed by atoms with Gasteiger partial charge in [-0.15, -0.1) is 0 Å². The molecular weight excluding hydrogens is 404 g/mol. The largest absolute Gasteiger partial charge is 0.465 e. The van der Waals surface area contributed by atoms with Gasteiger partial charge in [-0.25, -0.2) is 9.59 Å². The molecule has 6 N–H and O–H groups in total. The van der Waals surface area contributed by atoms with E-state index in [0.717, 1.165) is 44.9 Å². The van der Waals surface area contributed by atoms with Crippen molar-refractivity contribution in [1.29, 1.82) is 0 Å². The lowest BCUT2D eigenvalue weighted by atomic mass is 10.0. The highest BCUT2D eigenvalue weighted by Crippen LogP contribution is 2.12. The molecule has 0 aromatic carbocycles. The first-order chi connectivity index (χ1) is 14.8. The SMILES string of the molecule is CC(C=O)NCCCCCCCCCCCCC(NC(=O)O)N[C@@H](C)C(=O)NC(=O)O. The number of hydrogen-bond donors (Lipinski definition) is 6. The van der Waals surface area contributed by atoms with Gasteiger partial charge in [-0.3, -0.25) is 15.4 Å². The number of carboxylic acid groups (broad SMARTS) is 2. The molecule has 0 saturated heterocycles. The third-order valence-electron chi connectivity index (χ3n) is 4.96. The van der Waals surface area contributed by atoms with Gasteiger partial charge in [-0.2, -0.15) is 0 Å². The van der Waals surface area contributed by atoms with Gasteiger partial charge in [0.05, 0.1) is 18.2 Å². The Balaban J connectivity index is 3.77. The van der Waals surface area contributed by atoms with Gasteiger partial charge in [0.2, 0.25) is 5.91 Å². The number of hydrogen-bond acceptors (Lipinski definition) is 6. The Labute approximate surface area is 184 Å². The molecule has 0 spiro atoms. The van der Waals surface area contributed by atoms with Crippen LogP contribution in [0.5, 0.6) is 0 Å². The highest BCUT2D eigenvalue weighted by atomic mass is 16.4. The molecule has 180 valence electrons. The molecule has 10 heteroatoms. The van der Waals surface area contributed by atoms with Crippen LogP contribution < -0.4 is 21.3 Å². The third-order valence-corrected chi connectivity index (χ3v) is 4.96. The molecule has 0 aliphatic carbocycles. The number of unbranched alkanes of at least 4 members (excludes halogenated alkanes) is 9. The van der Waals surface area contributed by atoms with E-state index >= 15 is 0 Å². The van der Waals surface area contributed by atoms with Crippen LogP contribution in [0.1, 0.15) is 84.5 Å². The van der Waals surface area contributed by atoms with Crippen LogP contribution in [0.25, 0.3) is 0 Å². The molecule has 3 amide bonds. The molecule has 2 unspecified atom stereocenters. The smallest absolute Gasteiger partial charge is 0.411 e. The average Bonchev–Trinajstić information content (AvgIpc) is 2.69. The Morgan fingerprint density at radius 2 is 1.32 bits per heavy atom. The van der Waals surface area contributed by atoms with Crippen LogP contribution in [0, 0.1) is 0 Å². The van der Waals surface area contributed by atoms with Crippen molar-refractivity contribution in [2.45, 2.75) is 103 Å². The Morgan fingerprint density at radius 3 is 1.81 bits per heavy atom. The van der Waals surface area contributed by atoms with E-state index in [1.54, 1.807) is 5.32 Å². The van der Waals surface area contributed by atoms with Crippen LogP contribution in [-0.2, 0) is 9.59 Å². The molecule has 0 saturated carbocycles. The standard InChI is InChI=1S/C21H40N4O6/c1-16(15-26)22-14-12-10-8-6-4-3-5-7-9-11-13-18(24-20(28)29)23-17(2)19(27)25-21(30)31/h15-18,22-24H,3-14H2,1-2H3,(H,25,27)(H,28,29)(H,30,31)/t16?,17-,18?/m0/s1. The summed E-state index contributed by atoms with van der Waals surface area (Å²) in [5, 5.41) is 27.6. The fourth-order valence-electron chi connectivity index (χ4n) is 3.20. The van der Waals surface area contributed by atoms with E-state index in [1.165, 1.54) is 39.0 Å². The van der Waals surface area contributed by atoms with E-state index in [-0.39, 0.29) is 6.04 Å². The summed E-state index contributed by atoms with van der Waals surface area (Å²) in [5.74, 6) is -0.725. The van der Waals surface area contributed by atoms with Crippen molar-refractivity contribution in [3.63, 3.8) is 0 Å². The molecule has 0 radical (unpaired) electrons. The number of carbonyl (C=O) groups is 4. The number of imide groups is 1. The fraction of sp³-hybridized carbons (Fsp3) is 0.810. The van der Waals surface area contributed by atoms with Crippen molar-refractivity contribution in [1.82, 2.24) is 21.3 Å². The van der Waals surface area contributed by atoms with E-state index in [9.17, 15) is 19.2 Å². The summed E-state index contributed by atoms with van der Waals surface area (Å²) < 4.78 is 0. The fourth-order valence-corrected chi connectivity index (χ4v) is 3.20. The van der Waals surface area contributed by atoms with Gasteiger partial charge in [-0.1, -0.05) is 57.8 Å². The first-order valence-electron chi connectivity index (χ1n) is 11.2. The zero-order valence-electron chi connectivity index (χ0n) is 18.8. The number of carbonyl (C=O) groups excluding carboxylic acids is 2.